The van der Waals surface area contributed by atoms with Crippen molar-refractivity contribution in [3.63, 3.8) is 0 Å². The molecule has 1 atom stereocenters. The van der Waals surface area contributed by atoms with Crippen molar-refractivity contribution in [3.05, 3.63) is 26.7 Å². The first-order valence-corrected chi connectivity index (χ1v) is 6.46. The Labute approximate surface area is 106 Å². The van der Waals surface area contributed by atoms with Crippen molar-refractivity contribution in [2.45, 2.75) is 33.2 Å². The predicted molar refractivity (Wildman–Crippen MR) is 70.3 cm³/mol. The van der Waals surface area contributed by atoms with Gasteiger partial charge in [0, 0.05) is 16.1 Å². The lowest BCUT2D eigenvalue weighted by atomic mass is 9.90. The van der Waals surface area contributed by atoms with Gasteiger partial charge in [-0.25, -0.2) is 0 Å². The van der Waals surface area contributed by atoms with Gasteiger partial charge in [-0.3, -0.25) is 0 Å². The lowest BCUT2D eigenvalue weighted by Crippen LogP contribution is -2.29. The van der Waals surface area contributed by atoms with Crippen molar-refractivity contribution < 1.29 is 4.74 Å². The van der Waals surface area contributed by atoms with E-state index in [0.717, 1.165) is 18.7 Å². The molecular weight excluding hydrogens is 266 g/mol. The quantitative estimate of drug-likeness (QED) is 0.854. The van der Waals surface area contributed by atoms with Gasteiger partial charge < -0.3 is 10.1 Å². The molecule has 1 aromatic rings. The molecule has 3 heteroatoms. The van der Waals surface area contributed by atoms with E-state index in [2.05, 4.69) is 42.0 Å². The van der Waals surface area contributed by atoms with Gasteiger partial charge in [-0.05, 0) is 50.4 Å². The first-order chi connectivity index (χ1) is 7.57. The van der Waals surface area contributed by atoms with E-state index in [1.54, 1.807) is 7.11 Å². The van der Waals surface area contributed by atoms with E-state index >= 15 is 0 Å². The van der Waals surface area contributed by atoms with Crippen LogP contribution in [0.3, 0.4) is 0 Å². The number of ether oxygens (including phenoxy) is 1. The highest BCUT2D eigenvalue weighted by Gasteiger charge is 2.25. The van der Waals surface area contributed by atoms with Crippen LogP contribution in [0.25, 0.3) is 0 Å². The Morgan fingerprint density at radius 3 is 2.62 bits per heavy atom. The molecule has 1 aliphatic heterocycles. The molecular formula is C13H18BrNO. The molecule has 1 aliphatic rings. The second kappa shape index (κ2) is 4.38. The van der Waals surface area contributed by atoms with Gasteiger partial charge >= 0.3 is 0 Å². The van der Waals surface area contributed by atoms with E-state index in [4.69, 9.17) is 4.74 Å². The van der Waals surface area contributed by atoms with Crippen LogP contribution in [0.4, 0.5) is 0 Å². The maximum absolute atomic E-state index is 5.58. The molecule has 0 bridgehead atoms. The number of nitrogens with one attached hydrogen (secondary N) is 1. The van der Waals surface area contributed by atoms with E-state index in [0.29, 0.717) is 6.04 Å². The van der Waals surface area contributed by atoms with Crippen LogP contribution in [0.1, 0.15) is 35.2 Å². The zero-order valence-electron chi connectivity index (χ0n) is 10.3. The summed E-state index contributed by atoms with van der Waals surface area (Å²) in [6.45, 7) is 7.51. The minimum absolute atomic E-state index is 0.395. The molecule has 1 N–H and O–H groups in total. The van der Waals surface area contributed by atoms with Crippen molar-refractivity contribution in [2.24, 2.45) is 0 Å². The van der Waals surface area contributed by atoms with E-state index in [1.165, 1.54) is 26.7 Å². The number of halogens is 1. The number of methoxy groups -OCH3 is 1. The Balaban J connectivity index is 2.74. The Hall–Kier alpha value is -0.540. The molecule has 88 valence electrons. The first kappa shape index (κ1) is 11.9. The third-order valence-electron chi connectivity index (χ3n) is 3.53. The van der Waals surface area contributed by atoms with Crippen molar-refractivity contribution >= 4 is 15.9 Å². The van der Waals surface area contributed by atoms with Crippen molar-refractivity contribution in [1.82, 2.24) is 5.32 Å². The molecule has 2 nitrogen and oxygen atoms in total. The van der Waals surface area contributed by atoms with Gasteiger partial charge in [0.15, 0.2) is 0 Å². The molecule has 1 unspecified atom stereocenters. The molecule has 1 aromatic carbocycles. The zero-order chi connectivity index (χ0) is 11.9. The maximum Gasteiger partial charge on any atom is 0.125 e. The normalized spacial score (nSPS) is 19.4. The standard InChI is InChI=1S/C13H18BrNO/c1-7-8(2)13(16-4)10-5-6-15-9(3)11(10)12(7)14/h9,15H,5-6H2,1-4H3. The third kappa shape index (κ3) is 1.66. The largest absolute Gasteiger partial charge is 0.496 e. The highest BCUT2D eigenvalue weighted by Crippen LogP contribution is 2.41. The van der Waals surface area contributed by atoms with E-state index in [1.807, 2.05) is 0 Å². The Morgan fingerprint density at radius 2 is 2.00 bits per heavy atom. The second-order valence-corrected chi connectivity index (χ2v) is 5.21. The summed E-state index contributed by atoms with van der Waals surface area (Å²) in [6, 6.07) is 0.395. The number of benzene rings is 1. The highest BCUT2D eigenvalue weighted by atomic mass is 79.9. The number of fused-ring (bicyclic) bond motifs is 1. The monoisotopic (exact) mass is 283 g/mol. The number of rotatable bonds is 1. The molecule has 2 rings (SSSR count). The highest BCUT2D eigenvalue weighted by molar-refractivity contribution is 9.10. The molecule has 0 amide bonds. The minimum Gasteiger partial charge on any atom is -0.496 e. The Bertz CT molecular complexity index is 429. The van der Waals surface area contributed by atoms with Crippen LogP contribution in [-0.4, -0.2) is 13.7 Å². The molecule has 16 heavy (non-hydrogen) atoms. The van der Waals surface area contributed by atoms with Crippen LogP contribution >= 0.6 is 15.9 Å². The second-order valence-electron chi connectivity index (χ2n) is 4.42. The lowest BCUT2D eigenvalue weighted by Gasteiger charge is -2.29. The fraction of sp³-hybridized carbons (Fsp3) is 0.538. The number of hydrogen-bond acceptors (Lipinski definition) is 2. The van der Waals surface area contributed by atoms with Gasteiger partial charge in [0.05, 0.1) is 7.11 Å². The van der Waals surface area contributed by atoms with E-state index in [-0.39, 0.29) is 0 Å². The van der Waals surface area contributed by atoms with Crippen molar-refractivity contribution in [1.29, 1.82) is 0 Å². The number of hydrogen-bond donors (Lipinski definition) is 1. The van der Waals surface area contributed by atoms with E-state index < -0.39 is 0 Å². The van der Waals surface area contributed by atoms with Crippen LogP contribution < -0.4 is 10.1 Å². The predicted octanol–water partition coefficient (Wildman–Crippen LogP) is 3.28. The molecule has 0 spiro atoms. The summed E-state index contributed by atoms with van der Waals surface area (Å²) < 4.78 is 6.82. The Morgan fingerprint density at radius 1 is 1.31 bits per heavy atom. The average molecular weight is 284 g/mol. The smallest absolute Gasteiger partial charge is 0.125 e. The SMILES string of the molecule is COc1c(C)c(C)c(Br)c2c1CCNC2C. The third-order valence-corrected chi connectivity index (χ3v) is 4.55. The van der Waals surface area contributed by atoms with Gasteiger partial charge in [0.2, 0.25) is 0 Å². The Kier molecular flexibility index (Phi) is 3.27. The molecule has 0 saturated heterocycles. The first-order valence-electron chi connectivity index (χ1n) is 5.66. The molecule has 0 saturated carbocycles. The molecule has 1 heterocycles. The van der Waals surface area contributed by atoms with Crippen molar-refractivity contribution in [3.8, 4) is 5.75 Å². The van der Waals surface area contributed by atoms with Crippen LogP contribution in [0.2, 0.25) is 0 Å². The topological polar surface area (TPSA) is 21.3 Å². The average Bonchev–Trinajstić information content (AvgIpc) is 2.27. The summed E-state index contributed by atoms with van der Waals surface area (Å²) in [7, 11) is 1.77. The molecule has 0 aromatic heterocycles. The minimum atomic E-state index is 0.395. The van der Waals surface area contributed by atoms with Gasteiger partial charge in [-0.1, -0.05) is 15.9 Å². The summed E-state index contributed by atoms with van der Waals surface area (Å²) >= 11 is 3.72. The van der Waals surface area contributed by atoms with Crippen LogP contribution in [0.5, 0.6) is 5.75 Å². The lowest BCUT2D eigenvalue weighted by molar-refractivity contribution is 0.398. The summed E-state index contributed by atoms with van der Waals surface area (Å²) in [4.78, 5) is 0. The summed E-state index contributed by atoms with van der Waals surface area (Å²) in [5, 5.41) is 3.49. The van der Waals surface area contributed by atoms with Crippen LogP contribution in [0.15, 0.2) is 4.47 Å². The summed E-state index contributed by atoms with van der Waals surface area (Å²) in [6.07, 6.45) is 1.04. The summed E-state index contributed by atoms with van der Waals surface area (Å²) in [5.41, 5.74) is 5.27. The fourth-order valence-corrected chi connectivity index (χ4v) is 3.39. The van der Waals surface area contributed by atoms with Gasteiger partial charge in [-0.2, -0.15) is 0 Å². The van der Waals surface area contributed by atoms with Gasteiger partial charge in [0.25, 0.3) is 0 Å². The van der Waals surface area contributed by atoms with Crippen LogP contribution in [0, 0.1) is 13.8 Å². The maximum atomic E-state index is 5.58. The van der Waals surface area contributed by atoms with Crippen molar-refractivity contribution in [2.75, 3.05) is 13.7 Å². The van der Waals surface area contributed by atoms with Gasteiger partial charge in [0.1, 0.15) is 5.75 Å². The zero-order valence-corrected chi connectivity index (χ0v) is 11.9. The molecule has 0 fully saturated rings. The summed E-state index contributed by atoms with van der Waals surface area (Å²) in [5.74, 6) is 1.07. The van der Waals surface area contributed by atoms with Gasteiger partial charge in [-0.15, -0.1) is 0 Å². The fourth-order valence-electron chi connectivity index (χ4n) is 2.51. The van der Waals surface area contributed by atoms with Crippen LogP contribution in [-0.2, 0) is 6.42 Å². The molecule has 0 aliphatic carbocycles. The van der Waals surface area contributed by atoms with E-state index in [9.17, 15) is 0 Å². The molecule has 0 radical (unpaired) electrons.